The number of nitrogens with one attached hydrogen (secondary N) is 1. The summed E-state index contributed by atoms with van der Waals surface area (Å²) in [7, 11) is 0. The molecular formula is C21H26N2O2S. The van der Waals surface area contributed by atoms with Crippen LogP contribution in [0.3, 0.4) is 0 Å². The molecule has 0 saturated carbocycles. The van der Waals surface area contributed by atoms with E-state index >= 15 is 0 Å². The van der Waals surface area contributed by atoms with Crippen LogP contribution in [-0.2, 0) is 12.8 Å². The first kappa shape index (κ1) is 18.6. The maximum Gasteiger partial charge on any atom is 0.256 e. The fourth-order valence-electron chi connectivity index (χ4n) is 3.64. The number of fused-ring (bicyclic) bond motifs is 1. The molecule has 1 aliphatic rings. The van der Waals surface area contributed by atoms with Gasteiger partial charge in [0.1, 0.15) is 5.00 Å². The van der Waals surface area contributed by atoms with Crippen LogP contribution < -0.4 is 11.1 Å². The van der Waals surface area contributed by atoms with Crippen molar-refractivity contribution in [1.82, 2.24) is 0 Å². The molecule has 4 nitrogen and oxygen atoms in total. The Kier molecular flexibility index (Phi) is 4.93. The Hall–Kier alpha value is -2.14. The molecule has 5 heteroatoms. The van der Waals surface area contributed by atoms with Crippen LogP contribution in [-0.4, -0.2) is 11.8 Å². The monoisotopic (exact) mass is 370 g/mol. The van der Waals surface area contributed by atoms with E-state index < -0.39 is 5.91 Å². The SMILES string of the molecule is Cc1cccc(C(=O)Nc2sc3c(c2C(N)=O)CC[C@H](C(C)(C)C)C3)c1. The molecule has 1 aromatic carbocycles. The van der Waals surface area contributed by atoms with Crippen molar-refractivity contribution in [2.45, 2.75) is 47.0 Å². The summed E-state index contributed by atoms with van der Waals surface area (Å²) in [6.07, 6.45) is 2.81. The first-order valence-corrected chi connectivity index (χ1v) is 9.81. The van der Waals surface area contributed by atoms with Gasteiger partial charge in [-0.05, 0) is 55.2 Å². The van der Waals surface area contributed by atoms with Gasteiger partial charge in [0.15, 0.2) is 0 Å². The summed E-state index contributed by atoms with van der Waals surface area (Å²) in [5, 5.41) is 3.51. The van der Waals surface area contributed by atoms with E-state index in [1.165, 1.54) is 16.2 Å². The summed E-state index contributed by atoms with van der Waals surface area (Å²) in [5.74, 6) is -0.104. The highest BCUT2D eigenvalue weighted by Gasteiger charge is 2.33. The molecule has 0 saturated heterocycles. The lowest BCUT2D eigenvalue weighted by molar-refractivity contribution is 0.1000. The highest BCUT2D eigenvalue weighted by molar-refractivity contribution is 7.17. The fraction of sp³-hybridized carbons (Fsp3) is 0.429. The normalized spacial score (nSPS) is 16.8. The maximum atomic E-state index is 12.6. The molecule has 2 amide bonds. The van der Waals surface area contributed by atoms with Gasteiger partial charge in [0.05, 0.1) is 5.56 Å². The van der Waals surface area contributed by atoms with Crippen LogP contribution in [0.4, 0.5) is 5.00 Å². The topological polar surface area (TPSA) is 72.2 Å². The number of anilines is 1. The minimum Gasteiger partial charge on any atom is -0.365 e. The predicted octanol–water partition coefficient (Wildman–Crippen LogP) is 4.56. The minimum absolute atomic E-state index is 0.206. The molecule has 1 atom stereocenters. The largest absolute Gasteiger partial charge is 0.365 e. The molecular weight excluding hydrogens is 344 g/mol. The Morgan fingerprint density at radius 3 is 2.62 bits per heavy atom. The average molecular weight is 371 g/mol. The maximum absolute atomic E-state index is 12.6. The molecule has 1 aromatic heterocycles. The molecule has 0 radical (unpaired) electrons. The molecule has 0 fully saturated rings. The number of primary amides is 1. The third-order valence-electron chi connectivity index (χ3n) is 5.24. The average Bonchev–Trinajstić information content (AvgIpc) is 2.91. The molecule has 2 aromatic rings. The third-order valence-corrected chi connectivity index (χ3v) is 6.41. The van der Waals surface area contributed by atoms with E-state index in [4.69, 9.17) is 5.73 Å². The van der Waals surface area contributed by atoms with E-state index in [9.17, 15) is 9.59 Å². The number of carbonyl (C=O) groups excluding carboxylic acids is 2. The number of rotatable bonds is 3. The number of carbonyl (C=O) groups is 2. The van der Waals surface area contributed by atoms with Crippen molar-refractivity contribution in [2.75, 3.05) is 5.32 Å². The summed E-state index contributed by atoms with van der Waals surface area (Å²) in [5.41, 5.74) is 9.01. The van der Waals surface area contributed by atoms with Crippen LogP contribution in [0.1, 0.15) is 63.9 Å². The zero-order chi connectivity index (χ0) is 19.1. The van der Waals surface area contributed by atoms with Crippen molar-refractivity contribution in [3.05, 3.63) is 51.4 Å². The summed E-state index contributed by atoms with van der Waals surface area (Å²) in [4.78, 5) is 25.9. The van der Waals surface area contributed by atoms with E-state index in [0.29, 0.717) is 22.0 Å². The number of thiophene rings is 1. The van der Waals surface area contributed by atoms with E-state index in [2.05, 4.69) is 26.1 Å². The van der Waals surface area contributed by atoms with Crippen LogP contribution in [0.15, 0.2) is 24.3 Å². The van der Waals surface area contributed by atoms with Gasteiger partial charge in [-0.3, -0.25) is 9.59 Å². The number of hydrogen-bond donors (Lipinski definition) is 2. The van der Waals surface area contributed by atoms with Crippen molar-refractivity contribution < 1.29 is 9.59 Å². The lowest BCUT2D eigenvalue weighted by atomic mass is 9.72. The van der Waals surface area contributed by atoms with Crippen LogP contribution in [0.25, 0.3) is 0 Å². The first-order valence-electron chi connectivity index (χ1n) is 8.99. The molecule has 0 spiro atoms. The highest BCUT2D eigenvalue weighted by Crippen LogP contribution is 2.44. The van der Waals surface area contributed by atoms with E-state index in [1.807, 2.05) is 25.1 Å². The van der Waals surface area contributed by atoms with Gasteiger partial charge < -0.3 is 11.1 Å². The Morgan fingerprint density at radius 1 is 1.27 bits per heavy atom. The smallest absolute Gasteiger partial charge is 0.256 e. The van der Waals surface area contributed by atoms with Crippen LogP contribution in [0.5, 0.6) is 0 Å². The molecule has 1 heterocycles. The molecule has 3 rings (SSSR count). The number of hydrogen-bond acceptors (Lipinski definition) is 3. The quantitative estimate of drug-likeness (QED) is 0.831. The van der Waals surface area contributed by atoms with Gasteiger partial charge in [-0.25, -0.2) is 0 Å². The molecule has 0 bridgehead atoms. The summed E-state index contributed by atoms with van der Waals surface area (Å²) in [6, 6.07) is 7.41. The van der Waals surface area contributed by atoms with Gasteiger partial charge >= 0.3 is 0 Å². The number of benzene rings is 1. The van der Waals surface area contributed by atoms with Crippen molar-refractivity contribution in [1.29, 1.82) is 0 Å². The van der Waals surface area contributed by atoms with Crippen LogP contribution >= 0.6 is 11.3 Å². The number of aryl methyl sites for hydroxylation is 1. The molecule has 138 valence electrons. The lowest BCUT2D eigenvalue weighted by Gasteiger charge is -2.33. The second-order valence-electron chi connectivity index (χ2n) is 8.20. The predicted molar refractivity (Wildman–Crippen MR) is 107 cm³/mol. The zero-order valence-electron chi connectivity index (χ0n) is 15.8. The number of nitrogens with two attached hydrogens (primary N) is 1. The van der Waals surface area contributed by atoms with E-state index in [1.54, 1.807) is 6.07 Å². The summed E-state index contributed by atoms with van der Waals surface area (Å²) >= 11 is 1.50. The minimum atomic E-state index is -0.462. The molecule has 0 aliphatic heterocycles. The molecule has 1 aliphatic carbocycles. The van der Waals surface area contributed by atoms with Gasteiger partial charge in [0, 0.05) is 10.4 Å². The zero-order valence-corrected chi connectivity index (χ0v) is 16.6. The Labute approximate surface area is 158 Å². The molecule has 0 unspecified atom stereocenters. The molecule has 26 heavy (non-hydrogen) atoms. The van der Waals surface area contributed by atoms with Crippen molar-refractivity contribution in [2.24, 2.45) is 17.1 Å². The van der Waals surface area contributed by atoms with Crippen molar-refractivity contribution >= 4 is 28.2 Å². The Morgan fingerprint density at radius 2 is 2.00 bits per heavy atom. The van der Waals surface area contributed by atoms with Crippen molar-refractivity contribution in [3.8, 4) is 0 Å². The van der Waals surface area contributed by atoms with Gasteiger partial charge in [0.25, 0.3) is 11.8 Å². The first-order chi connectivity index (χ1) is 12.2. The molecule has 3 N–H and O–H groups in total. The highest BCUT2D eigenvalue weighted by atomic mass is 32.1. The van der Waals surface area contributed by atoms with Gasteiger partial charge in [-0.15, -0.1) is 11.3 Å². The van der Waals surface area contributed by atoms with Crippen LogP contribution in [0.2, 0.25) is 0 Å². The van der Waals surface area contributed by atoms with Crippen LogP contribution in [0, 0.1) is 18.3 Å². The van der Waals surface area contributed by atoms with Gasteiger partial charge in [-0.2, -0.15) is 0 Å². The third kappa shape index (κ3) is 3.68. The van der Waals surface area contributed by atoms with E-state index in [-0.39, 0.29) is 11.3 Å². The lowest BCUT2D eigenvalue weighted by Crippen LogP contribution is -2.27. The fourth-order valence-corrected chi connectivity index (χ4v) is 4.96. The standard InChI is InChI=1S/C21H26N2O2S/c1-12-6-5-7-13(10-12)19(25)23-20-17(18(22)24)15-9-8-14(21(2,3)4)11-16(15)26-20/h5-7,10,14H,8-9,11H2,1-4H3,(H2,22,24)(H,23,25)/t14-/m0/s1. The summed E-state index contributed by atoms with van der Waals surface area (Å²) < 4.78 is 0. The second-order valence-corrected chi connectivity index (χ2v) is 9.31. The van der Waals surface area contributed by atoms with Crippen molar-refractivity contribution in [3.63, 3.8) is 0 Å². The second kappa shape index (κ2) is 6.88. The number of amides is 2. The Balaban J connectivity index is 1.92. The van der Waals surface area contributed by atoms with Gasteiger partial charge in [0.2, 0.25) is 0 Å². The van der Waals surface area contributed by atoms with Gasteiger partial charge in [-0.1, -0.05) is 38.5 Å². The summed E-state index contributed by atoms with van der Waals surface area (Å²) in [6.45, 7) is 8.71. The van der Waals surface area contributed by atoms with E-state index in [0.717, 1.165) is 30.4 Å². The Bertz CT molecular complexity index is 861.